The fraction of sp³-hybridized carbons (Fsp3) is 0.0233. The van der Waals surface area contributed by atoms with Gasteiger partial charge < -0.3 is 9.47 Å². The van der Waals surface area contributed by atoms with E-state index in [4.69, 9.17) is 0 Å². The maximum atomic E-state index is 2.47. The van der Waals surface area contributed by atoms with Crippen molar-refractivity contribution in [1.29, 1.82) is 0 Å². The summed E-state index contributed by atoms with van der Waals surface area (Å²) in [6.07, 6.45) is 0. The highest BCUT2D eigenvalue weighted by molar-refractivity contribution is 6.17. The Morgan fingerprint density at radius 1 is 0.444 bits per heavy atom. The van der Waals surface area contributed by atoms with Crippen molar-refractivity contribution < 1.29 is 0 Å². The van der Waals surface area contributed by atoms with Gasteiger partial charge in [-0.3, -0.25) is 0 Å². The molecule has 0 N–H and O–H groups in total. The van der Waals surface area contributed by atoms with Crippen LogP contribution in [-0.4, -0.2) is 4.57 Å². The Balaban J connectivity index is 1.44. The number of aryl methyl sites for hydroxylation is 1. The molecular formula is C43H32N2. The molecule has 0 atom stereocenters. The predicted molar refractivity (Wildman–Crippen MR) is 191 cm³/mol. The van der Waals surface area contributed by atoms with Crippen molar-refractivity contribution in [1.82, 2.24) is 4.57 Å². The molecule has 0 fully saturated rings. The van der Waals surface area contributed by atoms with Gasteiger partial charge in [-0.25, -0.2) is 0 Å². The normalized spacial score (nSPS) is 11.2. The third kappa shape index (κ3) is 4.68. The van der Waals surface area contributed by atoms with Crippen LogP contribution in [0.2, 0.25) is 0 Å². The molecule has 7 aromatic carbocycles. The van der Waals surface area contributed by atoms with Crippen molar-refractivity contribution in [2.75, 3.05) is 4.90 Å². The van der Waals surface area contributed by atoms with Crippen molar-refractivity contribution in [3.8, 4) is 27.9 Å². The van der Waals surface area contributed by atoms with Crippen LogP contribution in [0, 0.1) is 6.92 Å². The number of rotatable bonds is 6. The Bertz CT molecular complexity index is 2250. The summed E-state index contributed by atoms with van der Waals surface area (Å²) in [6, 6.07) is 63.1. The number of fused-ring (bicyclic) bond motifs is 3. The van der Waals surface area contributed by atoms with E-state index >= 15 is 0 Å². The Hall–Kier alpha value is -5.86. The predicted octanol–water partition coefficient (Wildman–Crippen LogP) is 11.9. The Morgan fingerprint density at radius 3 is 1.76 bits per heavy atom. The Labute approximate surface area is 264 Å². The van der Waals surface area contributed by atoms with Crippen LogP contribution < -0.4 is 4.90 Å². The topological polar surface area (TPSA) is 8.17 Å². The van der Waals surface area contributed by atoms with Crippen molar-refractivity contribution in [3.05, 3.63) is 181 Å². The fourth-order valence-corrected chi connectivity index (χ4v) is 6.67. The number of hydrogen-bond acceptors (Lipinski definition) is 1. The average Bonchev–Trinajstić information content (AvgIpc) is 3.45. The summed E-state index contributed by atoms with van der Waals surface area (Å²) in [5.74, 6) is 0. The van der Waals surface area contributed by atoms with E-state index < -0.39 is 0 Å². The second-order valence-electron chi connectivity index (χ2n) is 11.4. The molecule has 0 unspecified atom stereocenters. The second kappa shape index (κ2) is 11.3. The molecular weight excluding hydrogens is 544 g/mol. The number of benzene rings is 7. The van der Waals surface area contributed by atoms with Crippen LogP contribution in [0.5, 0.6) is 0 Å². The SMILES string of the molecule is Cc1cccc(-c2ccccc2)c1N(c1ccc(-c2ccccc2)cc1)c1cccc2c1c1ccccc1n2-c1ccccc1. The Kier molecular flexibility index (Phi) is 6.73. The molecule has 0 spiro atoms. The molecule has 8 rings (SSSR count). The van der Waals surface area contributed by atoms with Crippen LogP contribution in [0.1, 0.15) is 5.56 Å². The largest absolute Gasteiger partial charge is 0.309 e. The molecule has 0 saturated carbocycles. The number of aromatic nitrogens is 1. The molecule has 0 radical (unpaired) electrons. The van der Waals surface area contributed by atoms with Gasteiger partial charge in [-0.1, -0.05) is 133 Å². The lowest BCUT2D eigenvalue weighted by Gasteiger charge is -2.30. The van der Waals surface area contributed by atoms with Gasteiger partial charge in [-0.15, -0.1) is 0 Å². The number of nitrogens with zero attached hydrogens (tertiary/aromatic N) is 2. The summed E-state index contributed by atoms with van der Waals surface area (Å²) in [4.78, 5) is 2.47. The fourth-order valence-electron chi connectivity index (χ4n) is 6.67. The first-order valence-electron chi connectivity index (χ1n) is 15.5. The summed E-state index contributed by atoms with van der Waals surface area (Å²) in [6.45, 7) is 2.22. The smallest absolute Gasteiger partial charge is 0.0569 e. The lowest BCUT2D eigenvalue weighted by atomic mass is 9.97. The molecule has 45 heavy (non-hydrogen) atoms. The van der Waals surface area contributed by atoms with E-state index in [1.807, 2.05) is 0 Å². The first kappa shape index (κ1) is 26.7. The minimum Gasteiger partial charge on any atom is -0.309 e. The Morgan fingerprint density at radius 2 is 1.02 bits per heavy atom. The van der Waals surface area contributed by atoms with Crippen molar-refractivity contribution in [3.63, 3.8) is 0 Å². The first-order valence-corrected chi connectivity index (χ1v) is 15.5. The molecule has 1 aromatic heterocycles. The summed E-state index contributed by atoms with van der Waals surface area (Å²) in [5.41, 5.74) is 13.0. The van der Waals surface area contributed by atoms with E-state index in [1.165, 1.54) is 55.3 Å². The van der Waals surface area contributed by atoms with Gasteiger partial charge in [-0.05, 0) is 71.6 Å². The molecule has 2 nitrogen and oxygen atoms in total. The van der Waals surface area contributed by atoms with Gasteiger partial charge in [0.1, 0.15) is 0 Å². The van der Waals surface area contributed by atoms with Gasteiger partial charge in [-0.2, -0.15) is 0 Å². The molecule has 0 aliphatic heterocycles. The molecule has 0 saturated heterocycles. The molecule has 0 aliphatic rings. The van der Waals surface area contributed by atoms with Crippen LogP contribution in [0.3, 0.4) is 0 Å². The minimum atomic E-state index is 1.12. The monoisotopic (exact) mass is 576 g/mol. The maximum absolute atomic E-state index is 2.47. The number of anilines is 3. The summed E-state index contributed by atoms with van der Waals surface area (Å²) in [5, 5.41) is 2.46. The molecule has 2 heteroatoms. The molecule has 0 amide bonds. The van der Waals surface area contributed by atoms with Gasteiger partial charge in [0.25, 0.3) is 0 Å². The highest BCUT2D eigenvalue weighted by Gasteiger charge is 2.24. The van der Waals surface area contributed by atoms with E-state index in [9.17, 15) is 0 Å². The highest BCUT2D eigenvalue weighted by Crippen LogP contribution is 2.47. The van der Waals surface area contributed by atoms with Crippen molar-refractivity contribution in [2.45, 2.75) is 6.92 Å². The zero-order valence-electron chi connectivity index (χ0n) is 25.1. The number of para-hydroxylation sites is 3. The second-order valence-corrected chi connectivity index (χ2v) is 11.4. The molecule has 8 aromatic rings. The lowest BCUT2D eigenvalue weighted by molar-refractivity contribution is 1.18. The zero-order chi connectivity index (χ0) is 30.2. The van der Waals surface area contributed by atoms with E-state index in [1.54, 1.807) is 0 Å². The third-order valence-corrected chi connectivity index (χ3v) is 8.71. The molecule has 214 valence electrons. The van der Waals surface area contributed by atoms with Crippen molar-refractivity contribution in [2.24, 2.45) is 0 Å². The van der Waals surface area contributed by atoms with Gasteiger partial charge in [0.05, 0.1) is 22.4 Å². The summed E-state index contributed by atoms with van der Waals surface area (Å²) >= 11 is 0. The van der Waals surface area contributed by atoms with E-state index in [0.29, 0.717) is 0 Å². The first-order chi connectivity index (χ1) is 22.3. The summed E-state index contributed by atoms with van der Waals surface area (Å²) < 4.78 is 2.39. The average molecular weight is 577 g/mol. The highest BCUT2D eigenvalue weighted by atomic mass is 15.2. The molecule has 0 aliphatic carbocycles. The van der Waals surface area contributed by atoms with Gasteiger partial charge in [0.2, 0.25) is 0 Å². The van der Waals surface area contributed by atoms with E-state index in [-0.39, 0.29) is 0 Å². The zero-order valence-corrected chi connectivity index (χ0v) is 25.1. The standard InChI is InChI=1S/C43H32N2/c1-31-15-13-23-37(34-18-7-3-8-19-34)43(31)45(36-29-27-33(28-30-36)32-16-5-2-6-17-32)41-26-14-25-40-42(41)38-22-11-12-24-39(38)44(40)35-20-9-4-10-21-35/h2-30H,1H3. The van der Waals surface area contributed by atoms with Crippen LogP contribution in [0.4, 0.5) is 17.1 Å². The lowest BCUT2D eigenvalue weighted by Crippen LogP contribution is -2.13. The van der Waals surface area contributed by atoms with Crippen LogP contribution in [0.25, 0.3) is 49.7 Å². The number of hydrogen-bond donors (Lipinski definition) is 0. The van der Waals surface area contributed by atoms with Gasteiger partial charge >= 0.3 is 0 Å². The quantitative estimate of drug-likeness (QED) is 0.191. The molecule has 1 heterocycles. The van der Waals surface area contributed by atoms with E-state index in [0.717, 1.165) is 17.1 Å². The molecule has 0 bridgehead atoms. The maximum Gasteiger partial charge on any atom is 0.0569 e. The third-order valence-electron chi connectivity index (χ3n) is 8.71. The van der Waals surface area contributed by atoms with Crippen LogP contribution in [-0.2, 0) is 0 Å². The minimum absolute atomic E-state index is 1.12. The van der Waals surface area contributed by atoms with Crippen LogP contribution >= 0.6 is 0 Å². The van der Waals surface area contributed by atoms with Crippen molar-refractivity contribution >= 4 is 38.9 Å². The van der Waals surface area contributed by atoms with Crippen LogP contribution in [0.15, 0.2) is 176 Å². The van der Waals surface area contributed by atoms with Gasteiger partial charge in [0, 0.05) is 27.7 Å². The summed E-state index contributed by atoms with van der Waals surface area (Å²) in [7, 11) is 0. The van der Waals surface area contributed by atoms with Gasteiger partial charge in [0.15, 0.2) is 0 Å². The van der Waals surface area contributed by atoms with E-state index in [2.05, 4.69) is 192 Å².